The number of carbonyl (C=O) groups is 2. The van der Waals surface area contributed by atoms with E-state index in [1.54, 1.807) is 0 Å². The number of carbonyl (C=O) groups excluding carboxylic acids is 2. The molecule has 0 saturated heterocycles. The SMILES string of the molecule is CC/C=C/C/C=C/C/C=C/C/C=C/CCCCC(=O)OC[C@H](COP(=O)(O)OCC[N+](C)(C)C)OC(=O)CCCCCCC/C=C/C=C/CCCCCC. The lowest BCUT2D eigenvalue weighted by Crippen LogP contribution is -2.37. The van der Waals surface area contributed by atoms with Gasteiger partial charge in [-0.3, -0.25) is 18.6 Å². The fraction of sp³-hybridized carbons (Fsp3) is 0.682. The van der Waals surface area contributed by atoms with Crippen molar-refractivity contribution in [3.05, 3.63) is 72.9 Å². The van der Waals surface area contributed by atoms with Crippen LogP contribution in [-0.4, -0.2) is 74.9 Å². The number of ether oxygens (including phenoxy) is 2. The van der Waals surface area contributed by atoms with Gasteiger partial charge in [0.25, 0.3) is 0 Å². The third-order valence-corrected chi connectivity index (χ3v) is 9.23. The van der Waals surface area contributed by atoms with Crippen LogP contribution >= 0.6 is 7.82 Å². The Labute approximate surface area is 329 Å². The molecule has 0 aromatic carbocycles. The maximum Gasteiger partial charge on any atom is 0.472 e. The van der Waals surface area contributed by atoms with Gasteiger partial charge in [-0.15, -0.1) is 0 Å². The van der Waals surface area contributed by atoms with E-state index in [0.29, 0.717) is 23.9 Å². The molecule has 54 heavy (non-hydrogen) atoms. The fourth-order valence-corrected chi connectivity index (χ4v) is 5.73. The smallest absolute Gasteiger partial charge is 0.462 e. The highest BCUT2D eigenvalue weighted by molar-refractivity contribution is 7.47. The molecule has 2 atom stereocenters. The summed E-state index contributed by atoms with van der Waals surface area (Å²) in [4.78, 5) is 35.3. The highest BCUT2D eigenvalue weighted by Crippen LogP contribution is 2.43. The maximum atomic E-state index is 12.7. The third-order valence-electron chi connectivity index (χ3n) is 8.25. The van der Waals surface area contributed by atoms with Crippen molar-refractivity contribution < 1.29 is 42.1 Å². The molecule has 0 aliphatic rings. The van der Waals surface area contributed by atoms with Crippen molar-refractivity contribution in [1.29, 1.82) is 0 Å². The molecule has 9 nitrogen and oxygen atoms in total. The van der Waals surface area contributed by atoms with Crippen molar-refractivity contribution in [2.45, 2.75) is 148 Å². The molecule has 0 aromatic heterocycles. The highest BCUT2D eigenvalue weighted by atomic mass is 31.2. The van der Waals surface area contributed by atoms with Gasteiger partial charge in [0, 0.05) is 12.8 Å². The molecule has 0 spiro atoms. The molecule has 1 unspecified atom stereocenters. The van der Waals surface area contributed by atoms with Crippen molar-refractivity contribution in [1.82, 2.24) is 0 Å². The molecule has 310 valence electrons. The van der Waals surface area contributed by atoms with E-state index in [1.165, 1.54) is 25.7 Å². The third kappa shape index (κ3) is 39.2. The van der Waals surface area contributed by atoms with Crippen LogP contribution in [0, 0.1) is 0 Å². The number of rotatable bonds is 36. The highest BCUT2D eigenvalue weighted by Gasteiger charge is 2.27. The minimum Gasteiger partial charge on any atom is -0.462 e. The Morgan fingerprint density at radius 1 is 0.611 bits per heavy atom. The number of quaternary nitrogens is 1. The molecule has 0 aliphatic heterocycles. The summed E-state index contributed by atoms with van der Waals surface area (Å²) in [6.45, 7) is 4.19. The second kappa shape index (κ2) is 36.1. The zero-order chi connectivity index (χ0) is 40.0. The minimum atomic E-state index is -4.39. The summed E-state index contributed by atoms with van der Waals surface area (Å²) in [6.07, 6.45) is 43.8. The average molecular weight is 779 g/mol. The largest absolute Gasteiger partial charge is 0.472 e. The standard InChI is InChI=1S/C44H76NO8P/c1-6-8-10-12-14-16-18-20-22-24-26-28-30-32-34-36-43(46)50-40-42(41-52-54(48,49)51-39-38-45(3,4)5)53-44(47)37-35-33-31-29-27-25-23-21-19-17-15-13-11-9-7-2/h8,10,14,16-17,19-23,26,28,42H,6-7,9,11-13,15,18,24-25,27,29-41H2,1-5H3/p+1/b10-8+,16-14+,19-17+,22-20+,23-21+,28-26+/t42-/m1/s1. The predicted octanol–water partition coefficient (Wildman–Crippen LogP) is 11.5. The molecule has 0 fully saturated rings. The monoisotopic (exact) mass is 779 g/mol. The summed E-state index contributed by atoms with van der Waals surface area (Å²) in [7, 11) is 1.43. The van der Waals surface area contributed by atoms with Crippen LogP contribution in [0.3, 0.4) is 0 Å². The Kier molecular flexibility index (Phi) is 34.4. The first-order valence-corrected chi connectivity index (χ1v) is 22.2. The van der Waals surface area contributed by atoms with Crippen molar-refractivity contribution in [2.75, 3.05) is 47.5 Å². The van der Waals surface area contributed by atoms with Gasteiger partial charge in [-0.05, 0) is 77.0 Å². The molecule has 10 heteroatoms. The lowest BCUT2D eigenvalue weighted by atomic mass is 10.1. The van der Waals surface area contributed by atoms with Crippen molar-refractivity contribution in [3.8, 4) is 0 Å². The number of esters is 2. The number of unbranched alkanes of at least 4 members (excludes halogenated alkanes) is 11. The Morgan fingerprint density at radius 3 is 1.72 bits per heavy atom. The lowest BCUT2D eigenvalue weighted by molar-refractivity contribution is -0.870. The van der Waals surface area contributed by atoms with E-state index in [2.05, 4.69) is 86.8 Å². The Bertz CT molecular complexity index is 1150. The van der Waals surface area contributed by atoms with Crippen molar-refractivity contribution in [2.24, 2.45) is 0 Å². The molecule has 0 aliphatic carbocycles. The molecule has 0 bridgehead atoms. The van der Waals surface area contributed by atoms with Gasteiger partial charge in [0.15, 0.2) is 6.10 Å². The number of nitrogens with zero attached hydrogens (tertiary/aromatic N) is 1. The Morgan fingerprint density at radius 2 is 1.11 bits per heavy atom. The van der Waals surface area contributed by atoms with Crippen LogP contribution in [0.5, 0.6) is 0 Å². The molecule has 0 radical (unpaired) electrons. The van der Waals surface area contributed by atoms with E-state index >= 15 is 0 Å². The van der Waals surface area contributed by atoms with Gasteiger partial charge in [0.05, 0.1) is 27.7 Å². The van der Waals surface area contributed by atoms with Gasteiger partial charge < -0.3 is 18.9 Å². The van der Waals surface area contributed by atoms with Gasteiger partial charge in [-0.1, -0.05) is 125 Å². The van der Waals surface area contributed by atoms with Crippen LogP contribution < -0.4 is 0 Å². The number of phosphoric acid groups is 1. The molecule has 0 saturated carbocycles. The number of hydrogen-bond acceptors (Lipinski definition) is 7. The van der Waals surface area contributed by atoms with E-state index in [0.717, 1.165) is 77.0 Å². The van der Waals surface area contributed by atoms with E-state index in [4.69, 9.17) is 18.5 Å². The molecule has 0 rings (SSSR count). The van der Waals surface area contributed by atoms with Crippen LogP contribution in [0.25, 0.3) is 0 Å². The quantitative estimate of drug-likeness (QED) is 0.0167. The van der Waals surface area contributed by atoms with Crippen LogP contribution in [0.1, 0.15) is 142 Å². The first-order valence-electron chi connectivity index (χ1n) is 20.7. The van der Waals surface area contributed by atoms with Crippen LogP contribution in [0.2, 0.25) is 0 Å². The van der Waals surface area contributed by atoms with E-state index in [9.17, 15) is 19.0 Å². The van der Waals surface area contributed by atoms with Gasteiger partial charge in [-0.2, -0.15) is 0 Å². The van der Waals surface area contributed by atoms with Crippen molar-refractivity contribution in [3.63, 3.8) is 0 Å². The van der Waals surface area contributed by atoms with E-state index in [1.807, 2.05) is 21.1 Å². The predicted molar refractivity (Wildman–Crippen MR) is 224 cm³/mol. The normalized spacial score (nSPS) is 14.4. The summed E-state index contributed by atoms with van der Waals surface area (Å²) < 4.78 is 34.2. The average Bonchev–Trinajstić information content (AvgIpc) is 3.12. The zero-order valence-corrected chi connectivity index (χ0v) is 35.6. The molecular weight excluding hydrogens is 701 g/mol. The van der Waals surface area contributed by atoms with Gasteiger partial charge in [0.2, 0.25) is 0 Å². The van der Waals surface area contributed by atoms with Crippen molar-refractivity contribution >= 4 is 19.8 Å². The molecule has 0 heterocycles. The first kappa shape index (κ1) is 51.5. The lowest BCUT2D eigenvalue weighted by Gasteiger charge is -2.24. The number of phosphoric ester groups is 1. The zero-order valence-electron chi connectivity index (χ0n) is 34.7. The summed E-state index contributed by atoms with van der Waals surface area (Å²) in [5.41, 5.74) is 0. The topological polar surface area (TPSA) is 108 Å². The summed E-state index contributed by atoms with van der Waals surface area (Å²) in [5, 5.41) is 0. The minimum absolute atomic E-state index is 0.0180. The molecule has 1 N–H and O–H groups in total. The van der Waals surface area contributed by atoms with Gasteiger partial charge >= 0.3 is 19.8 Å². The summed E-state index contributed by atoms with van der Waals surface area (Å²) in [5.74, 6) is -0.874. The Balaban J connectivity index is 4.52. The molecule has 0 aromatic rings. The number of hydrogen-bond donors (Lipinski definition) is 1. The second-order valence-electron chi connectivity index (χ2n) is 14.7. The summed E-state index contributed by atoms with van der Waals surface area (Å²) >= 11 is 0. The van der Waals surface area contributed by atoms with Gasteiger partial charge in [0.1, 0.15) is 19.8 Å². The Hall–Kier alpha value is -2.55. The maximum absolute atomic E-state index is 12.7. The van der Waals surface area contributed by atoms with E-state index in [-0.39, 0.29) is 26.1 Å². The molecule has 0 amide bonds. The number of likely N-dealkylation sites (N-methyl/N-ethyl adjacent to an activating group) is 1. The van der Waals surface area contributed by atoms with Gasteiger partial charge in [-0.25, -0.2) is 4.57 Å². The first-order chi connectivity index (χ1) is 26.0. The van der Waals surface area contributed by atoms with Crippen LogP contribution in [0.4, 0.5) is 0 Å². The van der Waals surface area contributed by atoms with Crippen LogP contribution in [-0.2, 0) is 32.7 Å². The second-order valence-corrected chi connectivity index (χ2v) is 16.1. The summed E-state index contributed by atoms with van der Waals surface area (Å²) in [6, 6.07) is 0. The van der Waals surface area contributed by atoms with E-state index < -0.39 is 32.5 Å². The van der Waals surface area contributed by atoms with Crippen LogP contribution in [0.15, 0.2) is 72.9 Å². The fourth-order valence-electron chi connectivity index (χ4n) is 4.99. The number of allylic oxidation sites excluding steroid dienone is 12. The molecular formula is C44H77NO8P+.